The molecule has 4 rings (SSSR count). The highest BCUT2D eigenvalue weighted by Gasteiger charge is 2.35. The third kappa shape index (κ3) is 3.73. The molecule has 144 valence electrons. The first-order valence-corrected chi connectivity index (χ1v) is 9.57. The number of aromatic nitrogens is 1. The number of benzene rings is 1. The van der Waals surface area contributed by atoms with Gasteiger partial charge in [-0.2, -0.15) is 13.2 Å². The lowest BCUT2D eigenvalue weighted by Crippen LogP contribution is -2.42. The lowest BCUT2D eigenvalue weighted by atomic mass is 10.1. The molecule has 2 saturated heterocycles. The minimum Gasteiger partial charge on any atom is -0.490 e. The molecule has 0 N–H and O–H groups in total. The summed E-state index contributed by atoms with van der Waals surface area (Å²) in [7, 11) is 0. The predicted octanol–water partition coefficient (Wildman–Crippen LogP) is 3.95. The fourth-order valence-corrected chi connectivity index (χ4v) is 4.24. The van der Waals surface area contributed by atoms with Gasteiger partial charge in [0.15, 0.2) is 5.13 Å². The van der Waals surface area contributed by atoms with Crippen LogP contribution in [0.15, 0.2) is 30.5 Å². The van der Waals surface area contributed by atoms with Gasteiger partial charge >= 0.3 is 6.18 Å². The van der Waals surface area contributed by atoms with Crippen LogP contribution < -0.4 is 14.5 Å². The van der Waals surface area contributed by atoms with Gasteiger partial charge in [0.2, 0.25) is 5.91 Å². The topological polar surface area (TPSA) is 45.7 Å². The molecular weight excluding hydrogens is 379 g/mol. The minimum absolute atomic E-state index is 0.112. The quantitative estimate of drug-likeness (QED) is 0.733. The van der Waals surface area contributed by atoms with E-state index in [4.69, 9.17) is 4.74 Å². The van der Waals surface area contributed by atoms with Crippen molar-refractivity contribution in [3.8, 4) is 5.75 Å². The van der Waals surface area contributed by atoms with E-state index < -0.39 is 11.7 Å². The van der Waals surface area contributed by atoms with E-state index in [0.29, 0.717) is 32.4 Å². The minimum atomic E-state index is -4.43. The van der Waals surface area contributed by atoms with Crippen molar-refractivity contribution in [2.75, 3.05) is 29.4 Å². The number of ether oxygens (including phenoxy) is 1. The summed E-state index contributed by atoms with van der Waals surface area (Å²) in [4.78, 5) is 19.7. The molecule has 0 radical (unpaired) electrons. The van der Waals surface area contributed by atoms with Gasteiger partial charge in [-0.05, 0) is 12.1 Å². The van der Waals surface area contributed by atoms with Crippen molar-refractivity contribution in [1.82, 2.24) is 4.98 Å². The molecule has 9 heteroatoms. The third-order valence-electron chi connectivity index (χ3n) is 4.80. The van der Waals surface area contributed by atoms with Crippen molar-refractivity contribution in [3.05, 3.63) is 36.0 Å². The number of hydrogen-bond donors (Lipinski definition) is 0. The number of carbonyl (C=O) groups excluding carboxylic acids is 1. The number of piperidine rings is 1. The number of β-lactam (4-membered cyclic amide) rings is 1. The highest BCUT2D eigenvalue weighted by molar-refractivity contribution is 7.19. The monoisotopic (exact) mass is 397 g/mol. The predicted molar refractivity (Wildman–Crippen MR) is 96.4 cm³/mol. The summed E-state index contributed by atoms with van der Waals surface area (Å²) in [5, 5.41) is 1.68. The van der Waals surface area contributed by atoms with Crippen LogP contribution in [0.25, 0.3) is 0 Å². The first-order chi connectivity index (χ1) is 12.9. The van der Waals surface area contributed by atoms with Crippen molar-refractivity contribution in [2.24, 2.45) is 0 Å². The average molecular weight is 397 g/mol. The van der Waals surface area contributed by atoms with Crippen molar-refractivity contribution < 1.29 is 22.7 Å². The molecule has 0 spiro atoms. The summed E-state index contributed by atoms with van der Waals surface area (Å²) < 4.78 is 44.9. The Labute approximate surface area is 158 Å². The van der Waals surface area contributed by atoms with E-state index in [9.17, 15) is 18.0 Å². The van der Waals surface area contributed by atoms with Gasteiger partial charge in [-0.1, -0.05) is 23.5 Å². The smallest absolute Gasteiger partial charge is 0.419 e. The van der Waals surface area contributed by atoms with Gasteiger partial charge in [0.1, 0.15) is 16.9 Å². The van der Waals surface area contributed by atoms with Gasteiger partial charge in [0.05, 0.1) is 11.8 Å². The SMILES string of the molecule is O=C1CCN1c1cnc(N2CCC(Oc3ccccc3C(F)(F)F)CC2)s1. The van der Waals surface area contributed by atoms with Crippen LogP contribution in [0.3, 0.4) is 0 Å². The maximum atomic E-state index is 13.1. The molecule has 2 aliphatic heterocycles. The zero-order valence-corrected chi connectivity index (χ0v) is 15.2. The molecule has 0 bridgehead atoms. The lowest BCUT2D eigenvalue weighted by molar-refractivity contribution is -0.139. The second-order valence-corrected chi connectivity index (χ2v) is 7.56. The second-order valence-electron chi connectivity index (χ2n) is 6.57. The normalized spacial score (nSPS) is 18.6. The Bertz CT molecular complexity index is 831. The van der Waals surface area contributed by atoms with Gasteiger partial charge in [-0.3, -0.25) is 4.79 Å². The number of hydrogen-bond acceptors (Lipinski definition) is 5. The molecule has 2 aliphatic rings. The number of thiazole rings is 1. The summed E-state index contributed by atoms with van der Waals surface area (Å²) in [6, 6.07) is 5.32. The highest BCUT2D eigenvalue weighted by Crippen LogP contribution is 2.38. The number of rotatable bonds is 4. The number of carbonyl (C=O) groups is 1. The number of anilines is 2. The van der Waals surface area contributed by atoms with E-state index in [0.717, 1.165) is 22.7 Å². The average Bonchev–Trinajstić information content (AvgIpc) is 3.10. The standard InChI is InChI=1S/C18H18F3N3O2S/c19-18(20,21)13-3-1-2-4-14(13)26-12-5-8-23(9-6-12)17-22-11-16(27-17)24-10-7-15(24)25/h1-4,11-12H,5-10H2. The molecule has 0 atom stereocenters. The van der Waals surface area contributed by atoms with Crippen molar-refractivity contribution in [1.29, 1.82) is 0 Å². The molecule has 2 fully saturated rings. The fourth-order valence-electron chi connectivity index (χ4n) is 3.22. The van der Waals surface area contributed by atoms with Crippen molar-refractivity contribution >= 4 is 27.4 Å². The summed E-state index contributed by atoms with van der Waals surface area (Å²) in [6.45, 7) is 2.04. The molecule has 2 aromatic rings. The zero-order valence-electron chi connectivity index (χ0n) is 14.4. The molecule has 0 unspecified atom stereocenters. The first-order valence-electron chi connectivity index (χ1n) is 8.76. The van der Waals surface area contributed by atoms with E-state index in [1.165, 1.54) is 23.5 Å². The van der Waals surface area contributed by atoms with Crippen molar-refractivity contribution in [3.63, 3.8) is 0 Å². The van der Waals surface area contributed by atoms with Crippen LogP contribution in [-0.4, -0.2) is 36.6 Å². The van der Waals surface area contributed by atoms with Crippen LogP contribution in [0.5, 0.6) is 5.75 Å². The molecule has 0 aliphatic carbocycles. The van der Waals surface area contributed by atoms with Crippen LogP contribution in [0, 0.1) is 0 Å². The van der Waals surface area contributed by atoms with Crippen LogP contribution in [0.1, 0.15) is 24.8 Å². The van der Waals surface area contributed by atoms with Gasteiger partial charge < -0.3 is 14.5 Å². The highest BCUT2D eigenvalue weighted by atomic mass is 32.1. The van der Waals surface area contributed by atoms with Crippen LogP contribution >= 0.6 is 11.3 Å². The number of amides is 1. The Morgan fingerprint density at radius 2 is 1.89 bits per heavy atom. The zero-order chi connectivity index (χ0) is 19.0. The molecule has 1 amide bonds. The molecule has 3 heterocycles. The van der Waals surface area contributed by atoms with Crippen LogP contribution in [0.4, 0.5) is 23.3 Å². The van der Waals surface area contributed by atoms with E-state index in [-0.39, 0.29) is 17.8 Å². The molecule has 0 saturated carbocycles. The van der Waals surface area contributed by atoms with Gasteiger partial charge in [0.25, 0.3) is 0 Å². The third-order valence-corrected chi connectivity index (χ3v) is 5.88. The second kappa shape index (κ2) is 7.03. The van der Waals surface area contributed by atoms with E-state index in [1.807, 2.05) is 0 Å². The maximum Gasteiger partial charge on any atom is 0.419 e. The number of halogens is 3. The maximum absolute atomic E-state index is 13.1. The Morgan fingerprint density at radius 1 is 1.15 bits per heavy atom. The van der Waals surface area contributed by atoms with Gasteiger partial charge in [-0.25, -0.2) is 4.98 Å². The van der Waals surface area contributed by atoms with Gasteiger partial charge in [-0.15, -0.1) is 0 Å². The number of para-hydroxylation sites is 1. The summed E-state index contributed by atoms with van der Waals surface area (Å²) in [5.41, 5.74) is -0.740. The van der Waals surface area contributed by atoms with E-state index >= 15 is 0 Å². The Hall–Kier alpha value is -2.29. The molecule has 5 nitrogen and oxygen atoms in total. The van der Waals surface area contributed by atoms with Crippen molar-refractivity contribution in [2.45, 2.75) is 31.5 Å². The number of alkyl halides is 3. The summed E-state index contributed by atoms with van der Waals surface area (Å²) in [6.07, 6.45) is -1.17. The molecule has 1 aromatic carbocycles. The number of nitrogens with zero attached hydrogens (tertiary/aromatic N) is 3. The summed E-state index contributed by atoms with van der Waals surface area (Å²) in [5.74, 6) is -0.00285. The van der Waals surface area contributed by atoms with Crippen LogP contribution in [0.2, 0.25) is 0 Å². The largest absolute Gasteiger partial charge is 0.490 e. The lowest BCUT2D eigenvalue weighted by Gasteiger charge is -2.32. The molecule has 1 aromatic heterocycles. The molecular formula is C18H18F3N3O2S. The Balaban J connectivity index is 1.37. The summed E-state index contributed by atoms with van der Waals surface area (Å²) >= 11 is 1.47. The van der Waals surface area contributed by atoms with Gasteiger partial charge in [0, 0.05) is 38.9 Å². The Kier molecular flexibility index (Phi) is 4.71. The molecule has 27 heavy (non-hydrogen) atoms. The Morgan fingerprint density at radius 3 is 2.52 bits per heavy atom. The first kappa shape index (κ1) is 18.1. The van der Waals surface area contributed by atoms with E-state index in [2.05, 4.69) is 9.88 Å². The fraction of sp³-hybridized carbons (Fsp3) is 0.444. The van der Waals surface area contributed by atoms with Crippen LogP contribution in [-0.2, 0) is 11.0 Å². The van der Waals surface area contributed by atoms with E-state index in [1.54, 1.807) is 17.2 Å².